The zero-order valence-electron chi connectivity index (χ0n) is 13.7. The first-order chi connectivity index (χ1) is 10.6. The lowest BCUT2D eigenvalue weighted by atomic mass is 10.1. The van der Waals surface area contributed by atoms with Crippen molar-refractivity contribution in [2.24, 2.45) is 0 Å². The fraction of sp³-hybridized carbons (Fsp3) is 0.611. The summed E-state index contributed by atoms with van der Waals surface area (Å²) in [6.45, 7) is 8.32. The minimum atomic E-state index is 0.120. The molecule has 0 radical (unpaired) electrons. The van der Waals surface area contributed by atoms with Gasteiger partial charge in [0.25, 0.3) is 5.91 Å². The zero-order valence-corrected chi connectivity index (χ0v) is 13.7. The van der Waals surface area contributed by atoms with Crippen LogP contribution in [0, 0.1) is 13.8 Å². The van der Waals surface area contributed by atoms with Crippen LogP contribution in [0.1, 0.15) is 30.4 Å². The highest BCUT2D eigenvalue weighted by atomic mass is 16.5. The Morgan fingerprint density at radius 2 is 2.05 bits per heavy atom. The van der Waals surface area contributed by atoms with Gasteiger partial charge in [-0.05, 0) is 56.8 Å². The van der Waals surface area contributed by atoms with E-state index in [1.807, 2.05) is 24.0 Å². The Morgan fingerprint density at radius 3 is 2.91 bits per heavy atom. The quantitative estimate of drug-likeness (QED) is 0.859. The van der Waals surface area contributed by atoms with E-state index in [-0.39, 0.29) is 12.5 Å². The molecule has 4 heteroatoms. The molecule has 2 saturated heterocycles. The summed E-state index contributed by atoms with van der Waals surface area (Å²) in [5.74, 6) is 0.945. The van der Waals surface area contributed by atoms with Crippen LogP contribution in [0.4, 0.5) is 0 Å². The Kier molecular flexibility index (Phi) is 4.67. The van der Waals surface area contributed by atoms with E-state index in [1.54, 1.807) is 0 Å². The molecule has 0 saturated carbocycles. The molecule has 0 N–H and O–H groups in total. The number of ether oxygens (including phenoxy) is 1. The van der Waals surface area contributed by atoms with Gasteiger partial charge in [0.1, 0.15) is 5.75 Å². The molecule has 1 atom stereocenters. The smallest absolute Gasteiger partial charge is 0.260 e. The van der Waals surface area contributed by atoms with Gasteiger partial charge in [-0.25, -0.2) is 0 Å². The average molecular weight is 302 g/mol. The van der Waals surface area contributed by atoms with Crippen molar-refractivity contribution in [3.8, 4) is 5.75 Å². The Morgan fingerprint density at radius 1 is 1.23 bits per heavy atom. The Balaban J connectivity index is 1.58. The molecule has 1 aromatic rings. The van der Waals surface area contributed by atoms with E-state index < -0.39 is 0 Å². The molecule has 0 aromatic heterocycles. The molecule has 0 spiro atoms. The van der Waals surface area contributed by atoms with Crippen LogP contribution in [0.25, 0.3) is 0 Å². The Bertz CT molecular complexity index is 544. The summed E-state index contributed by atoms with van der Waals surface area (Å²) in [6.07, 6.45) is 3.57. The predicted octanol–water partition coefficient (Wildman–Crippen LogP) is 2.38. The first kappa shape index (κ1) is 15.3. The van der Waals surface area contributed by atoms with Gasteiger partial charge in [-0.15, -0.1) is 0 Å². The van der Waals surface area contributed by atoms with Gasteiger partial charge in [-0.2, -0.15) is 0 Å². The monoisotopic (exact) mass is 302 g/mol. The maximum absolute atomic E-state index is 12.5. The van der Waals surface area contributed by atoms with Gasteiger partial charge in [0.15, 0.2) is 6.61 Å². The van der Waals surface area contributed by atoms with E-state index >= 15 is 0 Å². The number of carbonyl (C=O) groups excluding carboxylic acids is 1. The third kappa shape index (κ3) is 3.27. The maximum atomic E-state index is 12.5. The number of aryl methyl sites for hydroxylation is 1. The van der Waals surface area contributed by atoms with E-state index in [2.05, 4.69) is 17.9 Å². The highest BCUT2D eigenvalue weighted by Crippen LogP contribution is 2.22. The van der Waals surface area contributed by atoms with E-state index in [0.717, 1.165) is 37.4 Å². The van der Waals surface area contributed by atoms with Crippen molar-refractivity contribution >= 4 is 5.91 Å². The average Bonchev–Trinajstić information content (AvgIpc) is 2.85. The summed E-state index contributed by atoms with van der Waals surface area (Å²) in [5, 5.41) is 0. The third-order valence-corrected chi connectivity index (χ3v) is 5.06. The highest BCUT2D eigenvalue weighted by Gasteiger charge is 2.30. The summed E-state index contributed by atoms with van der Waals surface area (Å²) in [7, 11) is 0. The van der Waals surface area contributed by atoms with Crippen LogP contribution in [0.3, 0.4) is 0 Å². The summed E-state index contributed by atoms with van der Waals surface area (Å²) in [5.41, 5.74) is 2.31. The minimum Gasteiger partial charge on any atom is -0.483 e. The van der Waals surface area contributed by atoms with Crippen LogP contribution in [-0.2, 0) is 4.79 Å². The topological polar surface area (TPSA) is 32.8 Å². The molecule has 2 fully saturated rings. The number of rotatable bonds is 3. The van der Waals surface area contributed by atoms with Crippen molar-refractivity contribution in [3.05, 3.63) is 29.3 Å². The van der Waals surface area contributed by atoms with Gasteiger partial charge < -0.3 is 9.64 Å². The Labute approximate surface area is 133 Å². The standard InChI is InChI=1S/C18H26N2O2/c1-14-6-3-8-17(15(14)2)22-13-18(21)20-11-5-10-19-9-4-7-16(19)12-20/h3,6,8,16H,4-5,7,9-13H2,1-2H3/t16-/m0/s1. The molecular formula is C18H26N2O2. The van der Waals surface area contributed by atoms with E-state index in [1.165, 1.54) is 24.9 Å². The van der Waals surface area contributed by atoms with Crippen molar-refractivity contribution in [2.75, 3.05) is 32.8 Å². The fourth-order valence-electron chi connectivity index (χ4n) is 3.54. The number of amides is 1. The number of fused-ring (bicyclic) bond motifs is 1. The predicted molar refractivity (Wildman–Crippen MR) is 87.2 cm³/mol. The van der Waals surface area contributed by atoms with Crippen LogP contribution < -0.4 is 4.74 Å². The van der Waals surface area contributed by atoms with Gasteiger partial charge in [0.05, 0.1) is 0 Å². The van der Waals surface area contributed by atoms with Crippen LogP contribution in [0.2, 0.25) is 0 Å². The molecule has 0 bridgehead atoms. The van der Waals surface area contributed by atoms with Crippen molar-refractivity contribution in [1.29, 1.82) is 0 Å². The summed E-state index contributed by atoms with van der Waals surface area (Å²) >= 11 is 0. The molecule has 1 aromatic carbocycles. The molecule has 4 nitrogen and oxygen atoms in total. The molecular weight excluding hydrogens is 276 g/mol. The summed E-state index contributed by atoms with van der Waals surface area (Å²) in [6, 6.07) is 6.54. The second-order valence-corrected chi connectivity index (χ2v) is 6.51. The molecule has 0 unspecified atom stereocenters. The second kappa shape index (κ2) is 6.69. The van der Waals surface area contributed by atoms with Crippen molar-refractivity contribution in [3.63, 3.8) is 0 Å². The van der Waals surface area contributed by atoms with E-state index in [4.69, 9.17) is 4.74 Å². The number of hydrogen-bond donors (Lipinski definition) is 0. The molecule has 2 heterocycles. The highest BCUT2D eigenvalue weighted by molar-refractivity contribution is 5.78. The van der Waals surface area contributed by atoms with Crippen LogP contribution in [0.15, 0.2) is 18.2 Å². The number of benzene rings is 1. The molecule has 2 aliphatic heterocycles. The zero-order chi connectivity index (χ0) is 15.5. The van der Waals surface area contributed by atoms with Gasteiger partial charge in [0, 0.05) is 25.7 Å². The van der Waals surface area contributed by atoms with Gasteiger partial charge in [-0.1, -0.05) is 12.1 Å². The first-order valence-electron chi connectivity index (χ1n) is 8.36. The number of hydrogen-bond acceptors (Lipinski definition) is 3. The van der Waals surface area contributed by atoms with E-state index in [0.29, 0.717) is 6.04 Å². The maximum Gasteiger partial charge on any atom is 0.260 e. The lowest BCUT2D eigenvalue weighted by molar-refractivity contribution is -0.133. The fourth-order valence-corrected chi connectivity index (χ4v) is 3.54. The van der Waals surface area contributed by atoms with Crippen molar-refractivity contribution in [1.82, 2.24) is 9.80 Å². The largest absolute Gasteiger partial charge is 0.483 e. The van der Waals surface area contributed by atoms with Gasteiger partial charge >= 0.3 is 0 Å². The van der Waals surface area contributed by atoms with E-state index in [9.17, 15) is 4.79 Å². The minimum absolute atomic E-state index is 0.120. The summed E-state index contributed by atoms with van der Waals surface area (Å²) < 4.78 is 5.78. The molecule has 22 heavy (non-hydrogen) atoms. The lowest BCUT2D eigenvalue weighted by Gasteiger charge is -2.25. The normalized spacial score (nSPS) is 22.3. The van der Waals surface area contributed by atoms with Crippen molar-refractivity contribution < 1.29 is 9.53 Å². The molecule has 3 rings (SSSR count). The van der Waals surface area contributed by atoms with Crippen LogP contribution >= 0.6 is 0 Å². The molecule has 2 aliphatic rings. The molecule has 0 aliphatic carbocycles. The first-order valence-corrected chi connectivity index (χ1v) is 8.36. The second-order valence-electron chi connectivity index (χ2n) is 6.51. The number of carbonyl (C=O) groups is 1. The Hall–Kier alpha value is -1.55. The summed E-state index contributed by atoms with van der Waals surface area (Å²) in [4.78, 5) is 17.0. The van der Waals surface area contributed by atoms with Crippen LogP contribution in [-0.4, -0.2) is 54.5 Å². The van der Waals surface area contributed by atoms with Gasteiger partial charge in [0.2, 0.25) is 0 Å². The number of nitrogens with zero attached hydrogens (tertiary/aromatic N) is 2. The van der Waals surface area contributed by atoms with Gasteiger partial charge in [-0.3, -0.25) is 9.69 Å². The van der Waals surface area contributed by atoms with Crippen molar-refractivity contribution in [2.45, 2.75) is 39.2 Å². The lowest BCUT2D eigenvalue weighted by Crippen LogP contribution is -2.41. The molecule has 120 valence electrons. The molecule has 1 amide bonds. The van der Waals surface area contributed by atoms with Crippen LogP contribution in [0.5, 0.6) is 5.75 Å². The third-order valence-electron chi connectivity index (χ3n) is 5.06. The SMILES string of the molecule is Cc1cccc(OCC(=O)N2CCCN3CCC[C@H]3C2)c1C.